The summed E-state index contributed by atoms with van der Waals surface area (Å²) < 4.78 is 5.35. The molecule has 1 rings (SSSR count). The molecule has 0 aliphatic carbocycles. The lowest BCUT2D eigenvalue weighted by molar-refractivity contribution is -0.109. The number of carbonyl (C=O) groups excluding carboxylic acids is 2. The quantitative estimate of drug-likeness (QED) is 0.369. The standard InChI is InChI=1S/C13H19N3O3/c1-11-3-5-12(6-4-11)19-10-16-13(18)15-8-2-7-14-9-17/h3-6,9H,2,7-8,10H2,1H3,(H,14,17)(H2,15,16,18). The largest absolute Gasteiger partial charge is 0.473 e. The maximum absolute atomic E-state index is 11.3. The van der Waals surface area contributed by atoms with Gasteiger partial charge in [0.2, 0.25) is 6.41 Å². The average Bonchev–Trinajstić information content (AvgIpc) is 2.41. The second-order valence-electron chi connectivity index (χ2n) is 3.96. The van der Waals surface area contributed by atoms with Gasteiger partial charge in [0, 0.05) is 13.1 Å². The lowest BCUT2D eigenvalue weighted by Crippen LogP contribution is -2.38. The minimum atomic E-state index is -0.293. The molecule has 0 spiro atoms. The summed E-state index contributed by atoms with van der Waals surface area (Å²) in [6, 6.07) is 7.28. The van der Waals surface area contributed by atoms with E-state index in [1.807, 2.05) is 31.2 Å². The Morgan fingerprint density at radius 1 is 1.21 bits per heavy atom. The van der Waals surface area contributed by atoms with Crippen LogP contribution in [0.2, 0.25) is 0 Å². The second-order valence-corrected chi connectivity index (χ2v) is 3.96. The first kappa shape index (κ1) is 14.8. The van der Waals surface area contributed by atoms with Crippen molar-refractivity contribution in [3.63, 3.8) is 0 Å². The third-order valence-electron chi connectivity index (χ3n) is 2.36. The summed E-state index contributed by atoms with van der Waals surface area (Å²) >= 11 is 0. The van der Waals surface area contributed by atoms with Crippen LogP contribution >= 0.6 is 0 Å². The van der Waals surface area contributed by atoms with Gasteiger partial charge in [-0.3, -0.25) is 4.79 Å². The van der Waals surface area contributed by atoms with Crippen molar-refractivity contribution in [1.82, 2.24) is 16.0 Å². The maximum atomic E-state index is 11.3. The van der Waals surface area contributed by atoms with Gasteiger partial charge in [-0.1, -0.05) is 17.7 Å². The lowest BCUT2D eigenvalue weighted by atomic mass is 10.2. The van der Waals surface area contributed by atoms with E-state index in [1.165, 1.54) is 0 Å². The smallest absolute Gasteiger partial charge is 0.317 e. The highest BCUT2D eigenvalue weighted by Gasteiger charge is 1.99. The highest BCUT2D eigenvalue weighted by atomic mass is 16.5. The number of hydrogen-bond donors (Lipinski definition) is 3. The van der Waals surface area contributed by atoms with Crippen LogP contribution in [0.5, 0.6) is 5.75 Å². The molecule has 0 fully saturated rings. The Morgan fingerprint density at radius 2 is 1.95 bits per heavy atom. The molecule has 3 N–H and O–H groups in total. The van der Waals surface area contributed by atoms with Crippen molar-refractivity contribution in [2.24, 2.45) is 0 Å². The van der Waals surface area contributed by atoms with Crippen molar-refractivity contribution in [3.05, 3.63) is 29.8 Å². The maximum Gasteiger partial charge on any atom is 0.317 e. The molecule has 104 valence electrons. The Bertz CT molecular complexity index is 393. The molecule has 0 bridgehead atoms. The molecule has 19 heavy (non-hydrogen) atoms. The summed E-state index contributed by atoms with van der Waals surface area (Å²) in [7, 11) is 0. The summed E-state index contributed by atoms with van der Waals surface area (Å²) in [6.45, 7) is 3.15. The molecule has 0 heterocycles. The molecule has 0 radical (unpaired) electrons. The topological polar surface area (TPSA) is 79.5 Å². The van der Waals surface area contributed by atoms with E-state index < -0.39 is 0 Å². The van der Waals surface area contributed by atoms with Gasteiger partial charge in [-0.05, 0) is 25.5 Å². The van der Waals surface area contributed by atoms with Gasteiger partial charge in [0.15, 0.2) is 6.73 Å². The summed E-state index contributed by atoms with van der Waals surface area (Å²) in [5.41, 5.74) is 1.15. The van der Waals surface area contributed by atoms with Gasteiger partial charge in [-0.15, -0.1) is 0 Å². The Morgan fingerprint density at radius 3 is 2.63 bits per heavy atom. The fourth-order valence-corrected chi connectivity index (χ4v) is 1.33. The van der Waals surface area contributed by atoms with Crippen LogP contribution in [0.25, 0.3) is 0 Å². The van der Waals surface area contributed by atoms with Gasteiger partial charge in [0.25, 0.3) is 0 Å². The van der Waals surface area contributed by atoms with Gasteiger partial charge < -0.3 is 20.7 Å². The second kappa shape index (κ2) is 8.79. The van der Waals surface area contributed by atoms with Gasteiger partial charge >= 0.3 is 6.03 Å². The number of hydrogen-bond acceptors (Lipinski definition) is 3. The summed E-state index contributed by atoms with van der Waals surface area (Å²) in [5.74, 6) is 0.709. The van der Waals surface area contributed by atoms with E-state index in [0.29, 0.717) is 31.7 Å². The number of benzene rings is 1. The molecule has 0 aliphatic heterocycles. The molecular formula is C13H19N3O3. The first-order valence-electron chi connectivity index (χ1n) is 6.10. The fraction of sp³-hybridized carbons (Fsp3) is 0.385. The SMILES string of the molecule is Cc1ccc(OCNC(=O)NCCCNC=O)cc1. The van der Waals surface area contributed by atoms with Crippen LogP contribution in [-0.4, -0.2) is 32.3 Å². The first-order valence-corrected chi connectivity index (χ1v) is 6.10. The van der Waals surface area contributed by atoms with E-state index in [4.69, 9.17) is 4.74 Å². The Kier molecular flexibility index (Phi) is 6.86. The van der Waals surface area contributed by atoms with Crippen LogP contribution < -0.4 is 20.7 Å². The van der Waals surface area contributed by atoms with E-state index in [2.05, 4.69) is 16.0 Å². The van der Waals surface area contributed by atoms with Gasteiger partial charge in [0.1, 0.15) is 5.75 Å². The van der Waals surface area contributed by atoms with Gasteiger partial charge in [-0.25, -0.2) is 4.79 Å². The van der Waals surface area contributed by atoms with Crippen molar-refractivity contribution in [3.8, 4) is 5.75 Å². The average molecular weight is 265 g/mol. The number of amides is 3. The van der Waals surface area contributed by atoms with Crippen LogP contribution in [0, 0.1) is 6.92 Å². The highest BCUT2D eigenvalue weighted by Crippen LogP contribution is 2.10. The molecule has 0 saturated carbocycles. The molecule has 6 nitrogen and oxygen atoms in total. The number of rotatable bonds is 8. The first-order chi connectivity index (χ1) is 9.22. The van der Waals surface area contributed by atoms with Gasteiger partial charge in [-0.2, -0.15) is 0 Å². The molecule has 0 saturated heterocycles. The Hall–Kier alpha value is -2.24. The lowest BCUT2D eigenvalue weighted by Gasteiger charge is -2.09. The van der Waals surface area contributed by atoms with Crippen LogP contribution in [0.4, 0.5) is 4.79 Å². The van der Waals surface area contributed by atoms with Crippen LogP contribution in [0.1, 0.15) is 12.0 Å². The third kappa shape index (κ3) is 6.92. The zero-order chi connectivity index (χ0) is 13.9. The van der Waals surface area contributed by atoms with E-state index in [9.17, 15) is 9.59 Å². The van der Waals surface area contributed by atoms with Crippen molar-refractivity contribution < 1.29 is 14.3 Å². The van der Waals surface area contributed by atoms with E-state index in [1.54, 1.807) is 0 Å². The van der Waals surface area contributed by atoms with Crippen molar-refractivity contribution >= 4 is 12.4 Å². The molecular weight excluding hydrogens is 246 g/mol. The number of aryl methyl sites for hydroxylation is 1. The Labute approximate surface area is 112 Å². The summed E-state index contributed by atoms with van der Waals surface area (Å²) in [4.78, 5) is 21.3. The number of urea groups is 1. The fourth-order valence-electron chi connectivity index (χ4n) is 1.33. The molecule has 0 aromatic heterocycles. The van der Waals surface area contributed by atoms with E-state index >= 15 is 0 Å². The molecule has 0 atom stereocenters. The zero-order valence-corrected chi connectivity index (χ0v) is 10.9. The summed E-state index contributed by atoms with van der Waals surface area (Å²) in [6.07, 6.45) is 1.32. The minimum absolute atomic E-state index is 0.113. The molecule has 1 aromatic rings. The molecule has 3 amide bonds. The van der Waals surface area contributed by atoms with E-state index in [0.717, 1.165) is 5.56 Å². The molecule has 6 heteroatoms. The van der Waals surface area contributed by atoms with Gasteiger partial charge in [0.05, 0.1) is 0 Å². The predicted octanol–water partition coefficient (Wildman–Crippen LogP) is 0.767. The normalized spacial score (nSPS) is 9.53. The summed E-state index contributed by atoms with van der Waals surface area (Å²) in [5, 5.41) is 7.74. The van der Waals surface area contributed by atoms with E-state index in [-0.39, 0.29) is 12.8 Å². The number of carbonyl (C=O) groups is 2. The number of nitrogens with one attached hydrogen (secondary N) is 3. The molecule has 0 aliphatic rings. The van der Waals surface area contributed by atoms with Crippen molar-refractivity contribution in [1.29, 1.82) is 0 Å². The van der Waals surface area contributed by atoms with Crippen molar-refractivity contribution in [2.75, 3.05) is 19.8 Å². The van der Waals surface area contributed by atoms with Crippen LogP contribution in [-0.2, 0) is 4.79 Å². The van der Waals surface area contributed by atoms with Crippen LogP contribution in [0.15, 0.2) is 24.3 Å². The van der Waals surface area contributed by atoms with Crippen LogP contribution in [0.3, 0.4) is 0 Å². The zero-order valence-electron chi connectivity index (χ0n) is 10.9. The molecule has 0 unspecified atom stereocenters. The number of ether oxygens (including phenoxy) is 1. The monoisotopic (exact) mass is 265 g/mol. The molecule has 1 aromatic carbocycles. The Balaban J connectivity index is 2.06. The predicted molar refractivity (Wildman–Crippen MR) is 71.9 cm³/mol. The van der Waals surface area contributed by atoms with Crippen molar-refractivity contribution in [2.45, 2.75) is 13.3 Å². The third-order valence-corrected chi connectivity index (χ3v) is 2.36. The highest BCUT2D eigenvalue weighted by molar-refractivity contribution is 5.73. The minimum Gasteiger partial charge on any atom is -0.473 e.